The number of hydrogen-bond donors (Lipinski definition) is 3. The molecule has 0 bridgehead atoms. The summed E-state index contributed by atoms with van der Waals surface area (Å²) < 4.78 is 13.3. The van der Waals surface area contributed by atoms with E-state index in [0.717, 1.165) is 35.1 Å². The summed E-state index contributed by atoms with van der Waals surface area (Å²) in [5.41, 5.74) is 9.57. The number of nitrogens with zero attached hydrogens (tertiary/aromatic N) is 1. The maximum Gasteiger partial charge on any atom is 0.193 e. The number of carbonyl (C=O) groups is 1. The number of rotatable bonds is 5. The van der Waals surface area contributed by atoms with E-state index in [2.05, 4.69) is 43.6 Å². The second-order valence-electron chi connectivity index (χ2n) is 13.6. The summed E-state index contributed by atoms with van der Waals surface area (Å²) >= 11 is 0. The smallest absolute Gasteiger partial charge is 0.193 e. The maximum atomic E-state index is 13.8. The molecule has 1 saturated heterocycles. The number of Topliss-reactive ketones (excluding diaryl/α,β-unsaturated/α-hetero) is 1. The van der Waals surface area contributed by atoms with Crippen LogP contribution in [0.1, 0.15) is 62.5 Å². The van der Waals surface area contributed by atoms with Crippen molar-refractivity contribution >= 4 is 11.5 Å². The third-order valence-electron chi connectivity index (χ3n) is 11.4. The second kappa shape index (κ2) is 9.71. The molecule has 2 aromatic rings. The van der Waals surface area contributed by atoms with E-state index >= 15 is 0 Å². The van der Waals surface area contributed by atoms with Crippen LogP contribution in [-0.2, 0) is 20.7 Å². The number of anilines is 1. The van der Waals surface area contributed by atoms with Crippen LogP contribution in [0.4, 0.5) is 5.69 Å². The predicted octanol–water partition coefficient (Wildman–Crippen LogP) is 4.84. The highest BCUT2D eigenvalue weighted by molar-refractivity contribution is 5.91. The summed E-state index contributed by atoms with van der Waals surface area (Å²) in [5.74, 6) is 0.0160. The van der Waals surface area contributed by atoms with Gasteiger partial charge in [-0.1, -0.05) is 68.5 Å². The molecule has 42 heavy (non-hydrogen) atoms. The molecule has 0 unspecified atom stereocenters. The van der Waals surface area contributed by atoms with Crippen LogP contribution < -0.4 is 5.73 Å². The lowest BCUT2D eigenvalue weighted by molar-refractivity contribution is -0.201. The van der Waals surface area contributed by atoms with Crippen molar-refractivity contribution in [1.82, 2.24) is 4.98 Å². The standard InChI is InChI=1S/C35H40N2O5/c1-20-10-11-33(2)24(12-20)8-9-26-27-15-30-35(29(40)19-38,34(27,3)16-28(39)31(26)33)42-32(41-30)23-6-4-21(5-7-23)13-22-14-25(36)18-37-17-22/h4-7,10-12,14,17-18,26-28,30-32,38-39H,1,8-9,13,15-16,19,36H2,2-3H3/t26-,27-,28-,30+,31+,32+,33-,34-,35+/m0/s1. The minimum absolute atomic E-state index is 0.0403. The summed E-state index contributed by atoms with van der Waals surface area (Å²) in [6, 6.07) is 9.92. The number of allylic oxidation sites excluding steroid dienone is 5. The van der Waals surface area contributed by atoms with Crippen molar-refractivity contribution in [3.8, 4) is 0 Å². The van der Waals surface area contributed by atoms with Crippen molar-refractivity contribution in [1.29, 1.82) is 0 Å². The molecule has 1 aromatic heterocycles. The molecule has 0 spiro atoms. The zero-order valence-corrected chi connectivity index (χ0v) is 24.3. The minimum Gasteiger partial charge on any atom is -0.397 e. The van der Waals surface area contributed by atoms with Gasteiger partial charge in [0, 0.05) is 34.7 Å². The monoisotopic (exact) mass is 568 g/mol. The molecule has 7 heteroatoms. The molecule has 220 valence electrons. The van der Waals surface area contributed by atoms with E-state index in [4.69, 9.17) is 15.2 Å². The number of aromatic nitrogens is 1. The molecular weight excluding hydrogens is 528 g/mol. The van der Waals surface area contributed by atoms with Crippen molar-refractivity contribution in [2.75, 3.05) is 12.3 Å². The Hall–Kier alpha value is -3.10. The number of nitrogen functional groups attached to an aromatic ring is 1. The lowest BCUT2D eigenvalue weighted by Gasteiger charge is -2.59. The van der Waals surface area contributed by atoms with E-state index in [1.807, 2.05) is 36.5 Å². The number of ether oxygens (including phenoxy) is 2. The average Bonchev–Trinajstić information content (AvgIpc) is 3.46. The fourth-order valence-electron chi connectivity index (χ4n) is 9.54. The Bertz CT molecular complexity index is 1500. The average molecular weight is 569 g/mol. The molecule has 4 N–H and O–H groups in total. The summed E-state index contributed by atoms with van der Waals surface area (Å²) in [7, 11) is 0. The number of ketones is 1. The molecule has 2 heterocycles. The highest BCUT2D eigenvalue weighted by Gasteiger charge is 2.75. The van der Waals surface area contributed by atoms with E-state index in [1.165, 1.54) is 5.57 Å². The first-order valence-corrected chi connectivity index (χ1v) is 15.1. The van der Waals surface area contributed by atoms with Gasteiger partial charge in [0.15, 0.2) is 17.7 Å². The zero-order valence-electron chi connectivity index (χ0n) is 24.3. The topological polar surface area (TPSA) is 115 Å². The largest absolute Gasteiger partial charge is 0.397 e. The number of nitrogens with two attached hydrogens (primary N) is 1. The van der Waals surface area contributed by atoms with E-state index < -0.39 is 36.1 Å². The normalized spacial score (nSPS) is 40.1. The van der Waals surface area contributed by atoms with Crippen LogP contribution >= 0.6 is 0 Å². The van der Waals surface area contributed by atoms with Gasteiger partial charge >= 0.3 is 0 Å². The molecule has 1 aromatic carbocycles. The van der Waals surface area contributed by atoms with Gasteiger partial charge in [-0.15, -0.1) is 0 Å². The number of fused-ring (bicyclic) bond motifs is 7. The molecule has 3 saturated carbocycles. The van der Waals surface area contributed by atoms with Crippen molar-refractivity contribution in [3.63, 3.8) is 0 Å². The van der Waals surface area contributed by atoms with E-state index in [-0.39, 0.29) is 29.0 Å². The lowest BCUT2D eigenvalue weighted by atomic mass is 9.46. The Kier molecular flexibility index (Phi) is 6.41. The van der Waals surface area contributed by atoms with Gasteiger partial charge in [0.1, 0.15) is 6.61 Å². The second-order valence-corrected chi connectivity index (χ2v) is 13.6. The Balaban J connectivity index is 1.18. The Morgan fingerprint density at radius 3 is 2.71 bits per heavy atom. The first kappa shape index (κ1) is 27.7. The number of aliphatic hydroxyl groups is 2. The number of aliphatic hydroxyl groups excluding tert-OH is 2. The zero-order chi connectivity index (χ0) is 29.4. The van der Waals surface area contributed by atoms with Crippen LogP contribution in [0.5, 0.6) is 0 Å². The van der Waals surface area contributed by atoms with Crippen molar-refractivity contribution in [3.05, 3.63) is 95.4 Å². The first-order chi connectivity index (χ1) is 20.1. The van der Waals surface area contributed by atoms with Gasteiger partial charge in [0.2, 0.25) is 0 Å². The third-order valence-corrected chi connectivity index (χ3v) is 11.4. The van der Waals surface area contributed by atoms with Gasteiger partial charge in [0.05, 0.1) is 17.9 Å². The first-order valence-electron chi connectivity index (χ1n) is 15.1. The molecule has 1 aliphatic heterocycles. The van der Waals surface area contributed by atoms with Crippen molar-refractivity contribution in [2.24, 2.45) is 28.6 Å². The van der Waals surface area contributed by atoms with Gasteiger partial charge in [-0.25, -0.2) is 0 Å². The van der Waals surface area contributed by atoms with Gasteiger partial charge in [-0.2, -0.15) is 0 Å². The molecule has 9 atom stereocenters. The van der Waals surface area contributed by atoms with Gasteiger partial charge in [0.25, 0.3) is 0 Å². The van der Waals surface area contributed by atoms with Gasteiger partial charge in [-0.3, -0.25) is 9.78 Å². The molecule has 7 rings (SSSR count). The summed E-state index contributed by atoms with van der Waals surface area (Å²) in [4.78, 5) is 17.9. The molecule has 0 radical (unpaired) electrons. The van der Waals surface area contributed by atoms with Crippen LogP contribution in [0.2, 0.25) is 0 Å². The summed E-state index contributed by atoms with van der Waals surface area (Å²) in [5, 5.41) is 22.1. The molecule has 4 fully saturated rings. The summed E-state index contributed by atoms with van der Waals surface area (Å²) in [6.07, 6.45) is 11.7. The van der Waals surface area contributed by atoms with Crippen LogP contribution in [0.3, 0.4) is 0 Å². The maximum absolute atomic E-state index is 13.8. The number of carbonyl (C=O) groups excluding carboxylic acids is 1. The third kappa shape index (κ3) is 3.87. The van der Waals surface area contributed by atoms with Gasteiger partial charge in [-0.05, 0) is 66.7 Å². The van der Waals surface area contributed by atoms with Gasteiger partial charge < -0.3 is 25.4 Å². The number of pyridine rings is 1. The Labute approximate surface area is 247 Å². The lowest BCUT2D eigenvalue weighted by Crippen LogP contribution is -2.63. The van der Waals surface area contributed by atoms with Crippen molar-refractivity contribution < 1.29 is 24.5 Å². The quantitative estimate of drug-likeness (QED) is 0.473. The van der Waals surface area contributed by atoms with Crippen LogP contribution in [0, 0.1) is 28.6 Å². The van der Waals surface area contributed by atoms with E-state index in [9.17, 15) is 15.0 Å². The van der Waals surface area contributed by atoms with Crippen LogP contribution in [0.15, 0.2) is 78.7 Å². The minimum atomic E-state index is -1.32. The molecule has 4 aliphatic carbocycles. The molecule has 5 aliphatic rings. The Morgan fingerprint density at radius 1 is 1.19 bits per heavy atom. The predicted molar refractivity (Wildman–Crippen MR) is 159 cm³/mol. The highest BCUT2D eigenvalue weighted by Crippen LogP contribution is 2.70. The fourth-order valence-corrected chi connectivity index (χ4v) is 9.54. The SMILES string of the molecule is C=C1C=C[C@@]2(C)C(=C1)CC[C@@H]1[C@@H]2[C@@H](O)C[C@@]2(C)[C@H]1C[C@H]1O[C@@H](c3ccc(Cc4cncc(N)c4)cc3)O[C@]12C(=O)CO. The molecule has 7 nitrogen and oxygen atoms in total. The number of hydrogen-bond acceptors (Lipinski definition) is 7. The van der Waals surface area contributed by atoms with E-state index in [0.29, 0.717) is 24.9 Å². The molecular formula is C35H40N2O5. The molecule has 0 amide bonds. The number of benzene rings is 1. The van der Waals surface area contributed by atoms with E-state index in [1.54, 1.807) is 6.20 Å². The highest BCUT2D eigenvalue weighted by atomic mass is 16.7. The Morgan fingerprint density at radius 2 is 1.98 bits per heavy atom. The summed E-state index contributed by atoms with van der Waals surface area (Å²) in [6.45, 7) is 7.84. The van der Waals surface area contributed by atoms with Crippen LogP contribution in [0.25, 0.3) is 0 Å². The van der Waals surface area contributed by atoms with Crippen molar-refractivity contribution in [2.45, 2.75) is 70.1 Å². The van der Waals surface area contributed by atoms with Crippen LogP contribution in [-0.4, -0.2) is 45.4 Å². The fraction of sp³-hybridized carbons (Fsp3) is 0.486.